The second kappa shape index (κ2) is 4.56. The molecule has 0 spiro atoms. The summed E-state index contributed by atoms with van der Waals surface area (Å²) in [6.07, 6.45) is 5.59. The molecule has 4 nitrogen and oxygen atoms in total. The minimum atomic E-state index is 0.828. The first kappa shape index (κ1) is 11.5. The van der Waals surface area contributed by atoms with E-state index in [1.54, 1.807) is 13.3 Å². The number of hydrogen-bond acceptors (Lipinski definition) is 3. The summed E-state index contributed by atoms with van der Waals surface area (Å²) in [5, 5.41) is 0. The molecule has 0 amide bonds. The lowest BCUT2D eigenvalue weighted by Crippen LogP contribution is -1.92. The molecule has 2 aromatic heterocycles. The summed E-state index contributed by atoms with van der Waals surface area (Å²) in [5.41, 5.74) is 2.78. The topological polar surface area (TPSA) is 39.4 Å². The summed E-state index contributed by atoms with van der Waals surface area (Å²) >= 11 is 2.25. The fourth-order valence-electron chi connectivity index (χ4n) is 1.79. The third kappa shape index (κ3) is 1.94. The van der Waals surface area contributed by atoms with Gasteiger partial charge in [0, 0.05) is 11.8 Å². The number of aromatic nitrogens is 3. The smallest absolute Gasteiger partial charge is 0.156 e. The predicted octanol–water partition coefficient (Wildman–Crippen LogP) is 3.01. The average molecular weight is 351 g/mol. The molecule has 2 heterocycles. The Morgan fingerprint density at radius 1 is 1.22 bits per heavy atom. The molecule has 0 saturated carbocycles. The number of nitrogens with zero attached hydrogens (tertiary/aromatic N) is 3. The van der Waals surface area contributed by atoms with Crippen molar-refractivity contribution < 1.29 is 4.74 Å². The first-order valence-electron chi connectivity index (χ1n) is 5.41. The van der Waals surface area contributed by atoms with Gasteiger partial charge in [-0.05, 0) is 34.7 Å². The van der Waals surface area contributed by atoms with Crippen LogP contribution in [-0.2, 0) is 0 Å². The van der Waals surface area contributed by atoms with Gasteiger partial charge in [-0.3, -0.25) is 9.38 Å². The number of fused-ring (bicyclic) bond motifs is 1. The van der Waals surface area contributed by atoms with E-state index in [-0.39, 0.29) is 0 Å². The molecule has 5 heteroatoms. The normalized spacial score (nSPS) is 10.8. The minimum absolute atomic E-state index is 0.828. The van der Waals surface area contributed by atoms with Crippen LogP contribution >= 0.6 is 22.6 Å². The van der Waals surface area contributed by atoms with Gasteiger partial charge in [-0.25, -0.2) is 4.98 Å². The maximum atomic E-state index is 5.22. The first-order valence-corrected chi connectivity index (χ1v) is 6.49. The highest BCUT2D eigenvalue weighted by Crippen LogP contribution is 2.22. The van der Waals surface area contributed by atoms with Gasteiger partial charge in [0.1, 0.15) is 9.45 Å². The Labute approximate surface area is 118 Å². The summed E-state index contributed by atoms with van der Waals surface area (Å²) < 4.78 is 8.30. The zero-order valence-corrected chi connectivity index (χ0v) is 11.8. The Bertz CT molecular complexity index is 708. The van der Waals surface area contributed by atoms with Crippen LogP contribution in [0.3, 0.4) is 0 Å². The highest BCUT2D eigenvalue weighted by atomic mass is 127. The van der Waals surface area contributed by atoms with Gasteiger partial charge in [0.15, 0.2) is 5.65 Å². The molecule has 0 bridgehead atoms. The summed E-state index contributed by atoms with van der Waals surface area (Å²) in [5.74, 6) is 0.828. The van der Waals surface area contributed by atoms with E-state index in [0.717, 1.165) is 26.4 Å². The fourth-order valence-corrected chi connectivity index (χ4v) is 2.32. The van der Waals surface area contributed by atoms with Crippen LogP contribution in [0.4, 0.5) is 0 Å². The van der Waals surface area contributed by atoms with E-state index in [4.69, 9.17) is 4.74 Å². The van der Waals surface area contributed by atoms with E-state index in [2.05, 4.69) is 32.6 Å². The SMILES string of the molecule is COc1cccc(-c2cn3c(I)cnc3cn2)c1. The first-order chi connectivity index (χ1) is 8.78. The number of halogens is 1. The standard InChI is InChI=1S/C13H10IN3O/c1-18-10-4-2-3-9(5-10)11-8-17-12(14)6-16-13(17)7-15-11/h2-8H,1H3. The maximum Gasteiger partial charge on any atom is 0.156 e. The Kier molecular flexibility index (Phi) is 2.91. The third-order valence-electron chi connectivity index (χ3n) is 2.72. The summed E-state index contributed by atoms with van der Waals surface area (Å²) in [6.45, 7) is 0. The molecule has 0 atom stereocenters. The average Bonchev–Trinajstić information content (AvgIpc) is 2.80. The largest absolute Gasteiger partial charge is 0.497 e. The van der Waals surface area contributed by atoms with Crippen LogP contribution in [0.1, 0.15) is 0 Å². The van der Waals surface area contributed by atoms with Crippen molar-refractivity contribution in [2.45, 2.75) is 0 Å². The zero-order valence-electron chi connectivity index (χ0n) is 9.67. The molecule has 0 fully saturated rings. The minimum Gasteiger partial charge on any atom is -0.497 e. The molecule has 90 valence electrons. The predicted molar refractivity (Wildman–Crippen MR) is 77.7 cm³/mol. The van der Waals surface area contributed by atoms with Crippen LogP contribution in [0.5, 0.6) is 5.75 Å². The van der Waals surface area contributed by atoms with Crippen LogP contribution < -0.4 is 4.74 Å². The van der Waals surface area contributed by atoms with Crippen molar-refractivity contribution >= 4 is 28.2 Å². The van der Waals surface area contributed by atoms with Crippen LogP contribution in [0.15, 0.2) is 42.9 Å². The quantitative estimate of drug-likeness (QED) is 0.667. The molecule has 18 heavy (non-hydrogen) atoms. The number of rotatable bonds is 2. The number of imidazole rings is 1. The molecular weight excluding hydrogens is 341 g/mol. The lowest BCUT2D eigenvalue weighted by molar-refractivity contribution is 0.415. The molecule has 0 unspecified atom stereocenters. The van der Waals surface area contributed by atoms with E-state index in [0.29, 0.717) is 0 Å². The van der Waals surface area contributed by atoms with E-state index in [1.165, 1.54) is 0 Å². The highest BCUT2D eigenvalue weighted by Gasteiger charge is 2.05. The van der Waals surface area contributed by atoms with E-state index < -0.39 is 0 Å². The van der Waals surface area contributed by atoms with Crippen LogP contribution in [0.25, 0.3) is 16.9 Å². The molecule has 0 aliphatic rings. The van der Waals surface area contributed by atoms with Crippen molar-refractivity contribution in [2.24, 2.45) is 0 Å². The monoisotopic (exact) mass is 351 g/mol. The van der Waals surface area contributed by atoms with Gasteiger partial charge in [-0.1, -0.05) is 12.1 Å². The van der Waals surface area contributed by atoms with Crippen molar-refractivity contribution in [1.82, 2.24) is 14.4 Å². The lowest BCUT2D eigenvalue weighted by Gasteiger charge is -2.05. The summed E-state index contributed by atoms with van der Waals surface area (Å²) in [6, 6.07) is 7.86. The highest BCUT2D eigenvalue weighted by molar-refractivity contribution is 14.1. The van der Waals surface area contributed by atoms with Crippen molar-refractivity contribution in [1.29, 1.82) is 0 Å². The van der Waals surface area contributed by atoms with E-state index >= 15 is 0 Å². The molecule has 0 aliphatic carbocycles. The molecule has 0 saturated heterocycles. The second-order valence-electron chi connectivity index (χ2n) is 3.81. The van der Waals surface area contributed by atoms with Crippen molar-refractivity contribution in [3.05, 3.63) is 46.6 Å². The van der Waals surface area contributed by atoms with Gasteiger partial charge in [0.2, 0.25) is 0 Å². The fraction of sp³-hybridized carbons (Fsp3) is 0.0769. The molecule has 0 N–H and O–H groups in total. The Morgan fingerprint density at radius 2 is 2.11 bits per heavy atom. The molecular formula is C13H10IN3O. The van der Waals surface area contributed by atoms with Gasteiger partial charge in [-0.15, -0.1) is 0 Å². The second-order valence-corrected chi connectivity index (χ2v) is 4.92. The zero-order chi connectivity index (χ0) is 12.5. The Morgan fingerprint density at radius 3 is 2.94 bits per heavy atom. The lowest BCUT2D eigenvalue weighted by atomic mass is 10.1. The molecule has 1 aromatic carbocycles. The van der Waals surface area contributed by atoms with Gasteiger partial charge >= 0.3 is 0 Å². The van der Waals surface area contributed by atoms with Crippen molar-refractivity contribution in [2.75, 3.05) is 7.11 Å². The van der Waals surface area contributed by atoms with Gasteiger partial charge in [0.05, 0.1) is 25.2 Å². The van der Waals surface area contributed by atoms with E-state index in [1.807, 2.05) is 41.1 Å². The van der Waals surface area contributed by atoms with Crippen molar-refractivity contribution in [3.8, 4) is 17.0 Å². The van der Waals surface area contributed by atoms with Crippen molar-refractivity contribution in [3.63, 3.8) is 0 Å². The number of ether oxygens (including phenoxy) is 1. The molecule has 0 radical (unpaired) electrons. The molecule has 3 rings (SSSR count). The molecule has 3 aromatic rings. The van der Waals surface area contributed by atoms with Crippen LogP contribution in [0.2, 0.25) is 0 Å². The van der Waals surface area contributed by atoms with E-state index in [9.17, 15) is 0 Å². The third-order valence-corrected chi connectivity index (χ3v) is 3.51. The van der Waals surface area contributed by atoms with Gasteiger partial charge in [0.25, 0.3) is 0 Å². The van der Waals surface area contributed by atoms with Crippen LogP contribution in [0, 0.1) is 3.70 Å². The summed E-state index contributed by atoms with van der Waals surface area (Å²) in [4.78, 5) is 8.68. The number of hydrogen-bond donors (Lipinski definition) is 0. The maximum absolute atomic E-state index is 5.22. The summed E-state index contributed by atoms with van der Waals surface area (Å²) in [7, 11) is 1.66. The van der Waals surface area contributed by atoms with Crippen LogP contribution in [-0.4, -0.2) is 21.5 Å². The Balaban J connectivity index is 2.15. The van der Waals surface area contributed by atoms with Gasteiger partial charge < -0.3 is 4.74 Å². The van der Waals surface area contributed by atoms with Gasteiger partial charge in [-0.2, -0.15) is 0 Å². The number of methoxy groups -OCH3 is 1. The Hall–Kier alpha value is -1.63. The number of benzene rings is 1. The molecule has 0 aliphatic heterocycles.